The van der Waals surface area contributed by atoms with Crippen LogP contribution in [-0.4, -0.2) is 15.0 Å². The van der Waals surface area contributed by atoms with Crippen LogP contribution in [0.5, 0.6) is 0 Å². The van der Waals surface area contributed by atoms with Crippen molar-refractivity contribution >= 4 is 10.0 Å². The fraction of sp³-hybridized carbons (Fsp3) is 0.385. The van der Waals surface area contributed by atoms with Crippen LogP contribution in [0.1, 0.15) is 18.9 Å². The molecule has 0 aliphatic carbocycles. The third kappa shape index (κ3) is 4.32. The van der Waals surface area contributed by atoms with E-state index in [1.54, 1.807) is 30.3 Å². The third-order valence-corrected chi connectivity index (χ3v) is 3.96. The summed E-state index contributed by atoms with van der Waals surface area (Å²) < 4.78 is 26.4. The summed E-state index contributed by atoms with van der Waals surface area (Å²) in [4.78, 5) is 0.314. The van der Waals surface area contributed by atoms with Crippen molar-refractivity contribution in [2.24, 2.45) is 5.92 Å². The van der Waals surface area contributed by atoms with Crippen molar-refractivity contribution in [2.45, 2.75) is 25.2 Å². The highest BCUT2D eigenvalue weighted by atomic mass is 32.2. The molecule has 0 aliphatic heterocycles. The van der Waals surface area contributed by atoms with Gasteiger partial charge in [-0.2, -0.15) is 0 Å². The standard InChI is InChI=1S/C13H19NO2S/c1-4-5-12(3)10-14-17(15,16)13-8-6-11(2)7-9-13/h4,6-9,12,14H,1,5,10H2,2-3H3. The van der Waals surface area contributed by atoms with E-state index in [9.17, 15) is 8.42 Å². The van der Waals surface area contributed by atoms with Gasteiger partial charge in [0.1, 0.15) is 0 Å². The van der Waals surface area contributed by atoms with Gasteiger partial charge in [-0.1, -0.05) is 30.7 Å². The minimum absolute atomic E-state index is 0.257. The predicted molar refractivity (Wildman–Crippen MR) is 70.3 cm³/mol. The normalized spacial score (nSPS) is 13.3. The molecule has 0 saturated heterocycles. The molecule has 17 heavy (non-hydrogen) atoms. The van der Waals surface area contributed by atoms with Crippen molar-refractivity contribution in [1.82, 2.24) is 4.72 Å². The molecule has 1 rings (SSSR count). The lowest BCUT2D eigenvalue weighted by atomic mass is 10.1. The number of hydrogen-bond acceptors (Lipinski definition) is 2. The van der Waals surface area contributed by atoms with Crippen LogP contribution >= 0.6 is 0 Å². The number of benzene rings is 1. The van der Waals surface area contributed by atoms with Gasteiger partial charge in [-0.25, -0.2) is 13.1 Å². The van der Waals surface area contributed by atoms with Crippen LogP contribution in [0.2, 0.25) is 0 Å². The maximum atomic E-state index is 11.9. The molecule has 4 heteroatoms. The van der Waals surface area contributed by atoms with Crippen molar-refractivity contribution in [3.05, 3.63) is 42.5 Å². The first-order valence-corrected chi connectivity index (χ1v) is 7.11. The van der Waals surface area contributed by atoms with Gasteiger partial charge in [-0.15, -0.1) is 6.58 Å². The first kappa shape index (κ1) is 13.9. The molecule has 1 aromatic carbocycles. The average molecular weight is 253 g/mol. The van der Waals surface area contributed by atoms with Gasteiger partial charge in [0.25, 0.3) is 0 Å². The van der Waals surface area contributed by atoms with Gasteiger partial charge < -0.3 is 0 Å². The van der Waals surface area contributed by atoms with Gasteiger partial charge >= 0.3 is 0 Å². The molecule has 1 atom stereocenters. The van der Waals surface area contributed by atoms with Gasteiger partial charge in [0.15, 0.2) is 0 Å². The number of rotatable bonds is 6. The predicted octanol–water partition coefficient (Wildman–Crippen LogP) is 2.49. The van der Waals surface area contributed by atoms with E-state index in [2.05, 4.69) is 11.3 Å². The van der Waals surface area contributed by atoms with Crippen LogP contribution in [0, 0.1) is 12.8 Å². The monoisotopic (exact) mass is 253 g/mol. The van der Waals surface area contributed by atoms with E-state index in [1.807, 2.05) is 13.8 Å². The van der Waals surface area contributed by atoms with E-state index < -0.39 is 10.0 Å². The Balaban J connectivity index is 2.69. The zero-order valence-electron chi connectivity index (χ0n) is 10.3. The summed E-state index contributed by atoms with van der Waals surface area (Å²) in [6.45, 7) is 7.98. The Bertz CT molecular complexity index is 463. The van der Waals surface area contributed by atoms with Crippen LogP contribution in [0.25, 0.3) is 0 Å². The van der Waals surface area contributed by atoms with Gasteiger partial charge in [0.2, 0.25) is 10.0 Å². The Labute approximate surface area is 104 Å². The summed E-state index contributed by atoms with van der Waals surface area (Å²) >= 11 is 0. The molecule has 1 aromatic rings. The van der Waals surface area contributed by atoms with Gasteiger partial charge in [-0.05, 0) is 31.4 Å². The lowest BCUT2D eigenvalue weighted by Crippen LogP contribution is -2.28. The zero-order chi connectivity index (χ0) is 12.9. The molecular formula is C13H19NO2S. The maximum absolute atomic E-state index is 11.9. The molecule has 0 amide bonds. The second kappa shape index (κ2) is 5.98. The van der Waals surface area contributed by atoms with Crippen LogP contribution in [0.3, 0.4) is 0 Å². The van der Waals surface area contributed by atoms with Crippen molar-refractivity contribution in [2.75, 3.05) is 6.54 Å². The average Bonchev–Trinajstić information content (AvgIpc) is 2.28. The van der Waals surface area contributed by atoms with E-state index in [0.29, 0.717) is 11.4 Å². The van der Waals surface area contributed by atoms with E-state index in [1.165, 1.54) is 0 Å². The molecule has 0 fully saturated rings. The molecule has 1 unspecified atom stereocenters. The number of allylic oxidation sites excluding steroid dienone is 1. The second-order valence-electron chi connectivity index (χ2n) is 4.29. The Morgan fingerprint density at radius 2 is 1.94 bits per heavy atom. The summed E-state index contributed by atoms with van der Waals surface area (Å²) in [5.74, 6) is 0.257. The zero-order valence-corrected chi connectivity index (χ0v) is 11.1. The van der Waals surface area contributed by atoms with Crippen LogP contribution < -0.4 is 4.72 Å². The molecule has 0 heterocycles. The highest BCUT2D eigenvalue weighted by Crippen LogP contribution is 2.10. The Hall–Kier alpha value is -1.13. The lowest BCUT2D eigenvalue weighted by molar-refractivity contribution is 0.543. The summed E-state index contributed by atoms with van der Waals surface area (Å²) in [6.07, 6.45) is 2.60. The summed E-state index contributed by atoms with van der Waals surface area (Å²) in [5.41, 5.74) is 1.05. The van der Waals surface area contributed by atoms with Gasteiger partial charge in [0, 0.05) is 6.54 Å². The molecule has 0 spiro atoms. The Morgan fingerprint density at radius 1 is 1.35 bits per heavy atom. The molecule has 3 nitrogen and oxygen atoms in total. The quantitative estimate of drug-likeness (QED) is 0.792. The summed E-state index contributed by atoms with van der Waals surface area (Å²) in [5, 5.41) is 0. The van der Waals surface area contributed by atoms with Crippen molar-refractivity contribution in [3.63, 3.8) is 0 Å². The molecule has 0 radical (unpaired) electrons. The van der Waals surface area contributed by atoms with Crippen molar-refractivity contribution in [3.8, 4) is 0 Å². The highest BCUT2D eigenvalue weighted by Gasteiger charge is 2.14. The molecule has 0 aliphatic rings. The van der Waals surface area contributed by atoms with E-state index in [-0.39, 0.29) is 5.92 Å². The molecular weight excluding hydrogens is 234 g/mol. The number of sulfonamides is 1. The van der Waals surface area contributed by atoms with Gasteiger partial charge in [0.05, 0.1) is 4.90 Å². The maximum Gasteiger partial charge on any atom is 0.240 e. The fourth-order valence-corrected chi connectivity index (χ4v) is 2.59. The molecule has 0 bridgehead atoms. The summed E-state index contributed by atoms with van der Waals surface area (Å²) in [6, 6.07) is 6.83. The van der Waals surface area contributed by atoms with Crippen LogP contribution in [0.15, 0.2) is 41.8 Å². The highest BCUT2D eigenvalue weighted by molar-refractivity contribution is 7.89. The van der Waals surface area contributed by atoms with Crippen molar-refractivity contribution in [1.29, 1.82) is 0 Å². The van der Waals surface area contributed by atoms with E-state index in [0.717, 1.165) is 12.0 Å². The second-order valence-corrected chi connectivity index (χ2v) is 6.06. The van der Waals surface area contributed by atoms with E-state index >= 15 is 0 Å². The third-order valence-electron chi connectivity index (χ3n) is 2.52. The Morgan fingerprint density at radius 3 is 2.47 bits per heavy atom. The number of hydrogen-bond donors (Lipinski definition) is 1. The number of aryl methyl sites for hydroxylation is 1. The van der Waals surface area contributed by atoms with Crippen molar-refractivity contribution < 1.29 is 8.42 Å². The molecule has 1 N–H and O–H groups in total. The summed E-state index contributed by atoms with van der Waals surface area (Å²) in [7, 11) is -3.37. The number of nitrogens with one attached hydrogen (secondary N) is 1. The first-order chi connectivity index (χ1) is 7.95. The lowest BCUT2D eigenvalue weighted by Gasteiger charge is -2.11. The smallest absolute Gasteiger partial charge is 0.211 e. The molecule has 0 saturated carbocycles. The van der Waals surface area contributed by atoms with E-state index in [4.69, 9.17) is 0 Å². The first-order valence-electron chi connectivity index (χ1n) is 5.63. The Kier molecular flexibility index (Phi) is 4.90. The largest absolute Gasteiger partial charge is 0.240 e. The molecule has 0 aromatic heterocycles. The van der Waals surface area contributed by atoms with Gasteiger partial charge in [-0.3, -0.25) is 0 Å². The molecule has 94 valence electrons. The van der Waals surface area contributed by atoms with Crippen LogP contribution in [-0.2, 0) is 10.0 Å². The topological polar surface area (TPSA) is 46.2 Å². The minimum Gasteiger partial charge on any atom is -0.211 e. The minimum atomic E-state index is -3.37. The fourth-order valence-electron chi connectivity index (χ4n) is 1.42. The van der Waals surface area contributed by atoms with Crippen LogP contribution in [0.4, 0.5) is 0 Å². The SMILES string of the molecule is C=CCC(C)CNS(=O)(=O)c1ccc(C)cc1.